The van der Waals surface area contributed by atoms with Crippen LogP contribution in [-0.4, -0.2) is 53.0 Å². The van der Waals surface area contributed by atoms with Crippen LogP contribution in [-0.2, 0) is 9.59 Å². The van der Waals surface area contributed by atoms with Crippen molar-refractivity contribution >= 4 is 36.0 Å². The fraction of sp³-hybridized carbons (Fsp3) is 0.857. The first-order valence-electron chi connectivity index (χ1n) is 7.52. The van der Waals surface area contributed by atoms with E-state index in [-0.39, 0.29) is 36.3 Å². The average molecular weight is 336 g/mol. The Kier molecular flexibility index (Phi) is 7.84. The molecular formula is C14H26ClN3O2S. The van der Waals surface area contributed by atoms with Crippen molar-refractivity contribution in [3.8, 4) is 0 Å². The summed E-state index contributed by atoms with van der Waals surface area (Å²) in [7, 11) is 0. The van der Waals surface area contributed by atoms with Gasteiger partial charge in [0, 0.05) is 24.3 Å². The summed E-state index contributed by atoms with van der Waals surface area (Å²) in [4.78, 5) is 26.2. The predicted octanol–water partition coefficient (Wildman–Crippen LogP) is 1.37. The first-order chi connectivity index (χ1) is 9.61. The molecule has 0 aliphatic carbocycles. The molecule has 2 N–H and O–H groups in total. The predicted molar refractivity (Wildman–Crippen MR) is 88.7 cm³/mol. The van der Waals surface area contributed by atoms with E-state index in [1.54, 1.807) is 16.7 Å². The highest BCUT2D eigenvalue weighted by Gasteiger charge is 2.35. The van der Waals surface area contributed by atoms with Crippen molar-refractivity contribution in [3.05, 3.63) is 0 Å². The van der Waals surface area contributed by atoms with Crippen molar-refractivity contribution in [2.45, 2.75) is 57.7 Å². The van der Waals surface area contributed by atoms with E-state index in [0.717, 1.165) is 31.6 Å². The Morgan fingerprint density at radius 1 is 1.43 bits per heavy atom. The lowest BCUT2D eigenvalue weighted by Gasteiger charge is -2.31. The van der Waals surface area contributed by atoms with Crippen LogP contribution < -0.4 is 10.6 Å². The maximum atomic E-state index is 12.4. The van der Waals surface area contributed by atoms with E-state index in [0.29, 0.717) is 18.3 Å². The van der Waals surface area contributed by atoms with Gasteiger partial charge in [-0.2, -0.15) is 0 Å². The number of nitrogens with zero attached hydrogens (tertiary/aromatic N) is 1. The standard InChI is InChI=1S/C14H25N3O2S.ClH/c1-3-4-13(18)17-9-20-8-12(17)14(19)16-11-5-6-15-10(2)7-11;/h10-12,15H,3-9H2,1-2H3,(H,16,19);1H. The highest BCUT2D eigenvalue weighted by Crippen LogP contribution is 2.22. The molecule has 0 aromatic carbocycles. The number of halogens is 1. The zero-order valence-corrected chi connectivity index (χ0v) is 14.4. The molecule has 2 saturated heterocycles. The number of thioether (sulfide) groups is 1. The van der Waals surface area contributed by atoms with E-state index in [2.05, 4.69) is 17.6 Å². The van der Waals surface area contributed by atoms with Gasteiger partial charge in [-0.1, -0.05) is 6.92 Å². The van der Waals surface area contributed by atoms with Gasteiger partial charge in [-0.25, -0.2) is 0 Å². The van der Waals surface area contributed by atoms with Crippen molar-refractivity contribution in [1.29, 1.82) is 0 Å². The van der Waals surface area contributed by atoms with Crippen LogP contribution in [0, 0.1) is 0 Å². The van der Waals surface area contributed by atoms with Crippen LogP contribution in [0.4, 0.5) is 0 Å². The third-order valence-corrected chi connectivity index (χ3v) is 4.95. The van der Waals surface area contributed by atoms with Gasteiger partial charge in [0.15, 0.2) is 0 Å². The monoisotopic (exact) mass is 335 g/mol. The molecular weight excluding hydrogens is 310 g/mol. The van der Waals surface area contributed by atoms with Crippen molar-refractivity contribution < 1.29 is 9.59 Å². The number of amides is 2. The summed E-state index contributed by atoms with van der Waals surface area (Å²) in [5.41, 5.74) is 0. The third-order valence-electron chi connectivity index (χ3n) is 3.94. The molecule has 122 valence electrons. The topological polar surface area (TPSA) is 61.4 Å². The first kappa shape index (κ1) is 18.6. The highest BCUT2D eigenvalue weighted by atomic mass is 35.5. The second-order valence-electron chi connectivity index (χ2n) is 5.71. The molecule has 2 rings (SSSR count). The highest BCUT2D eigenvalue weighted by molar-refractivity contribution is 7.99. The lowest BCUT2D eigenvalue weighted by molar-refractivity contribution is -0.138. The van der Waals surface area contributed by atoms with Gasteiger partial charge in [-0.3, -0.25) is 9.59 Å². The molecule has 0 radical (unpaired) electrons. The van der Waals surface area contributed by atoms with Gasteiger partial charge in [0.2, 0.25) is 11.8 Å². The maximum Gasteiger partial charge on any atom is 0.243 e. The van der Waals surface area contributed by atoms with Crippen LogP contribution in [0.2, 0.25) is 0 Å². The summed E-state index contributed by atoms with van der Waals surface area (Å²) in [5.74, 6) is 1.51. The second kappa shape index (κ2) is 8.86. The minimum Gasteiger partial charge on any atom is -0.351 e. The molecule has 0 aromatic rings. The third kappa shape index (κ3) is 5.04. The van der Waals surface area contributed by atoms with Crippen LogP contribution in [0.3, 0.4) is 0 Å². The van der Waals surface area contributed by atoms with Crippen LogP contribution >= 0.6 is 24.2 Å². The van der Waals surface area contributed by atoms with Crippen molar-refractivity contribution in [2.24, 2.45) is 0 Å². The molecule has 3 atom stereocenters. The maximum absolute atomic E-state index is 12.4. The van der Waals surface area contributed by atoms with Crippen LogP contribution in [0.1, 0.15) is 39.5 Å². The van der Waals surface area contributed by atoms with Gasteiger partial charge in [-0.15, -0.1) is 24.2 Å². The number of piperidine rings is 1. The number of hydrogen-bond donors (Lipinski definition) is 2. The molecule has 0 spiro atoms. The number of rotatable bonds is 4. The molecule has 0 bridgehead atoms. The second-order valence-corrected chi connectivity index (χ2v) is 6.71. The summed E-state index contributed by atoms with van der Waals surface area (Å²) in [6, 6.07) is 0.418. The summed E-state index contributed by atoms with van der Waals surface area (Å²) < 4.78 is 0. The Morgan fingerprint density at radius 2 is 2.19 bits per heavy atom. The van der Waals surface area contributed by atoms with Gasteiger partial charge in [-0.05, 0) is 32.7 Å². The van der Waals surface area contributed by atoms with E-state index in [9.17, 15) is 9.59 Å². The smallest absolute Gasteiger partial charge is 0.243 e. The quantitative estimate of drug-likeness (QED) is 0.814. The number of carbonyl (C=O) groups is 2. The number of hydrogen-bond acceptors (Lipinski definition) is 4. The van der Waals surface area contributed by atoms with E-state index >= 15 is 0 Å². The molecule has 2 amide bonds. The fourth-order valence-electron chi connectivity index (χ4n) is 2.82. The molecule has 2 heterocycles. The van der Waals surface area contributed by atoms with Gasteiger partial charge >= 0.3 is 0 Å². The summed E-state index contributed by atoms with van der Waals surface area (Å²) in [6.45, 7) is 5.08. The largest absolute Gasteiger partial charge is 0.351 e. The van der Waals surface area contributed by atoms with Crippen molar-refractivity contribution in [3.63, 3.8) is 0 Å². The van der Waals surface area contributed by atoms with Crippen molar-refractivity contribution in [1.82, 2.24) is 15.5 Å². The molecule has 0 saturated carbocycles. The molecule has 2 aliphatic rings. The van der Waals surface area contributed by atoms with E-state index in [1.165, 1.54) is 0 Å². The molecule has 2 fully saturated rings. The molecule has 3 unspecified atom stereocenters. The minimum atomic E-state index is -0.274. The lowest BCUT2D eigenvalue weighted by atomic mass is 10.0. The zero-order valence-electron chi connectivity index (χ0n) is 12.8. The summed E-state index contributed by atoms with van der Waals surface area (Å²) >= 11 is 1.67. The van der Waals surface area contributed by atoms with Gasteiger partial charge in [0.25, 0.3) is 0 Å². The Balaban J connectivity index is 0.00000220. The molecule has 0 aromatic heterocycles. The summed E-state index contributed by atoms with van der Waals surface area (Å²) in [5, 5.41) is 6.51. The van der Waals surface area contributed by atoms with Gasteiger partial charge in [0.1, 0.15) is 6.04 Å². The van der Waals surface area contributed by atoms with Crippen LogP contribution in [0.25, 0.3) is 0 Å². The molecule has 21 heavy (non-hydrogen) atoms. The molecule has 7 heteroatoms. The Morgan fingerprint density at radius 3 is 2.86 bits per heavy atom. The SMILES string of the molecule is CCCC(=O)N1CSCC1C(=O)NC1CCNC(C)C1.Cl. The average Bonchev–Trinajstić information content (AvgIpc) is 2.88. The Hall–Kier alpha value is -0.460. The van der Waals surface area contributed by atoms with Crippen molar-refractivity contribution in [2.75, 3.05) is 18.2 Å². The van der Waals surface area contributed by atoms with Gasteiger partial charge in [0.05, 0.1) is 5.88 Å². The Labute approximate surface area is 137 Å². The molecule has 2 aliphatic heterocycles. The minimum absolute atomic E-state index is 0. The molecule has 5 nitrogen and oxygen atoms in total. The Bertz CT molecular complexity index is 370. The normalized spacial score (nSPS) is 28.9. The fourth-order valence-corrected chi connectivity index (χ4v) is 4.00. The lowest BCUT2D eigenvalue weighted by Crippen LogP contribution is -2.53. The van der Waals surface area contributed by atoms with Crippen LogP contribution in [0.5, 0.6) is 0 Å². The summed E-state index contributed by atoms with van der Waals surface area (Å²) in [6.07, 6.45) is 3.31. The van der Waals surface area contributed by atoms with E-state index < -0.39 is 0 Å². The van der Waals surface area contributed by atoms with E-state index in [1.807, 2.05) is 6.92 Å². The van der Waals surface area contributed by atoms with Gasteiger partial charge < -0.3 is 15.5 Å². The van der Waals surface area contributed by atoms with Crippen LogP contribution in [0.15, 0.2) is 0 Å². The first-order valence-corrected chi connectivity index (χ1v) is 8.68. The number of nitrogens with one attached hydrogen (secondary N) is 2. The number of carbonyl (C=O) groups excluding carboxylic acids is 2. The van der Waals surface area contributed by atoms with E-state index in [4.69, 9.17) is 0 Å². The zero-order chi connectivity index (χ0) is 14.5.